The molecule has 1 aliphatic rings. The van der Waals surface area contributed by atoms with Gasteiger partial charge in [0, 0.05) is 12.8 Å². The SMILES string of the molecule is CCCCCCCCCCCCCC(=O)OC[C@H]1O[C@@H](O)[C@H](OC(=O)CCCCCCCCCCCCC)[C@@H](O)[C@@H]1O. The summed E-state index contributed by atoms with van der Waals surface area (Å²) in [7, 11) is 0. The van der Waals surface area contributed by atoms with Gasteiger partial charge in [0.05, 0.1) is 0 Å². The summed E-state index contributed by atoms with van der Waals surface area (Å²) in [4.78, 5) is 24.4. The zero-order valence-electron chi connectivity index (χ0n) is 26.9. The number of aliphatic hydroxyl groups is 3. The van der Waals surface area contributed by atoms with Crippen molar-refractivity contribution in [3.63, 3.8) is 0 Å². The largest absolute Gasteiger partial charge is 0.463 e. The van der Waals surface area contributed by atoms with Crippen LogP contribution in [0, 0.1) is 0 Å². The average Bonchev–Trinajstić information content (AvgIpc) is 2.98. The van der Waals surface area contributed by atoms with Gasteiger partial charge in [-0.2, -0.15) is 0 Å². The van der Waals surface area contributed by atoms with Crippen LogP contribution >= 0.6 is 0 Å². The summed E-state index contributed by atoms with van der Waals surface area (Å²) in [5.41, 5.74) is 0. The number of carbonyl (C=O) groups is 2. The lowest BCUT2D eigenvalue weighted by Crippen LogP contribution is -2.60. The smallest absolute Gasteiger partial charge is 0.306 e. The Bertz CT molecular complexity index is 655. The van der Waals surface area contributed by atoms with Crippen molar-refractivity contribution in [1.82, 2.24) is 0 Å². The molecule has 0 bridgehead atoms. The molecule has 0 unspecified atom stereocenters. The number of esters is 2. The second-order valence-electron chi connectivity index (χ2n) is 12.3. The first-order valence-corrected chi connectivity index (χ1v) is 17.4. The third kappa shape index (κ3) is 19.1. The van der Waals surface area contributed by atoms with Crippen LogP contribution in [0.2, 0.25) is 0 Å². The molecule has 0 amide bonds. The molecule has 1 saturated heterocycles. The summed E-state index contributed by atoms with van der Waals surface area (Å²) in [5.74, 6) is -0.937. The molecule has 0 aliphatic carbocycles. The van der Waals surface area contributed by atoms with Crippen molar-refractivity contribution in [2.24, 2.45) is 0 Å². The quantitative estimate of drug-likeness (QED) is 0.0664. The van der Waals surface area contributed by atoms with Crippen LogP contribution in [-0.2, 0) is 23.8 Å². The van der Waals surface area contributed by atoms with Gasteiger partial charge in [0.2, 0.25) is 0 Å². The van der Waals surface area contributed by atoms with Crippen LogP contribution in [0.4, 0.5) is 0 Å². The van der Waals surface area contributed by atoms with E-state index in [-0.39, 0.29) is 19.4 Å². The summed E-state index contributed by atoms with van der Waals surface area (Å²) < 4.78 is 15.8. The Kier molecular flexibility index (Phi) is 24.2. The summed E-state index contributed by atoms with van der Waals surface area (Å²) >= 11 is 0. The number of ether oxygens (including phenoxy) is 3. The van der Waals surface area contributed by atoms with Crippen molar-refractivity contribution in [3.05, 3.63) is 0 Å². The molecule has 8 heteroatoms. The first-order chi connectivity index (χ1) is 20.4. The minimum Gasteiger partial charge on any atom is -0.463 e. The Balaban J connectivity index is 2.11. The molecule has 0 aromatic rings. The van der Waals surface area contributed by atoms with E-state index in [0.29, 0.717) is 6.42 Å². The molecular weight excluding hydrogens is 536 g/mol. The Morgan fingerprint density at radius 1 is 0.548 bits per heavy atom. The van der Waals surface area contributed by atoms with Crippen LogP contribution in [0.1, 0.15) is 168 Å². The van der Waals surface area contributed by atoms with Gasteiger partial charge in [-0.3, -0.25) is 9.59 Å². The highest BCUT2D eigenvalue weighted by atomic mass is 16.7. The fourth-order valence-electron chi connectivity index (χ4n) is 5.51. The first kappa shape index (κ1) is 38.8. The molecule has 248 valence electrons. The number of carbonyl (C=O) groups excluding carboxylic acids is 2. The standard InChI is InChI=1S/C34H64O8/c1-3-5-7-9-11-13-15-17-19-21-23-25-29(35)40-27-28-31(37)32(38)33(34(39)41-28)42-30(36)26-24-22-20-18-16-14-12-10-8-6-4-2/h28,31-34,37-39H,3-27H2,1-2H3/t28-,31-,32+,33-,34-/m1/s1. The summed E-state index contributed by atoms with van der Waals surface area (Å²) in [6.07, 6.45) is 19.4. The van der Waals surface area contributed by atoms with Crippen LogP contribution in [-0.4, -0.2) is 64.6 Å². The van der Waals surface area contributed by atoms with Crippen LogP contribution < -0.4 is 0 Å². The van der Waals surface area contributed by atoms with E-state index in [4.69, 9.17) is 14.2 Å². The molecule has 8 nitrogen and oxygen atoms in total. The molecule has 1 fully saturated rings. The van der Waals surface area contributed by atoms with E-state index < -0.39 is 42.6 Å². The second kappa shape index (κ2) is 26.2. The first-order valence-electron chi connectivity index (χ1n) is 17.4. The zero-order chi connectivity index (χ0) is 30.8. The van der Waals surface area contributed by atoms with Crippen LogP contribution in [0.25, 0.3) is 0 Å². The predicted octanol–water partition coefficient (Wildman–Crippen LogP) is 7.28. The zero-order valence-corrected chi connectivity index (χ0v) is 26.9. The number of aliphatic hydroxyl groups excluding tert-OH is 3. The van der Waals surface area contributed by atoms with Crippen molar-refractivity contribution in [3.8, 4) is 0 Å². The van der Waals surface area contributed by atoms with Crippen LogP contribution in [0.5, 0.6) is 0 Å². The maximum absolute atomic E-state index is 12.3. The average molecular weight is 601 g/mol. The van der Waals surface area contributed by atoms with Crippen molar-refractivity contribution in [1.29, 1.82) is 0 Å². The Morgan fingerprint density at radius 3 is 1.36 bits per heavy atom. The highest BCUT2D eigenvalue weighted by Crippen LogP contribution is 2.24. The van der Waals surface area contributed by atoms with E-state index >= 15 is 0 Å². The van der Waals surface area contributed by atoms with Gasteiger partial charge in [0.1, 0.15) is 24.9 Å². The number of hydrogen-bond acceptors (Lipinski definition) is 8. The topological polar surface area (TPSA) is 123 Å². The lowest BCUT2D eigenvalue weighted by Gasteiger charge is -2.39. The molecule has 0 aromatic carbocycles. The van der Waals surface area contributed by atoms with Gasteiger partial charge in [-0.05, 0) is 12.8 Å². The van der Waals surface area contributed by atoms with E-state index in [1.165, 1.54) is 96.3 Å². The van der Waals surface area contributed by atoms with E-state index in [1.807, 2.05) is 0 Å². The Labute approximate surface area is 256 Å². The van der Waals surface area contributed by atoms with Crippen LogP contribution in [0.15, 0.2) is 0 Å². The van der Waals surface area contributed by atoms with Gasteiger partial charge in [0.15, 0.2) is 12.4 Å². The molecular formula is C34H64O8. The molecule has 3 N–H and O–H groups in total. The van der Waals surface area contributed by atoms with Gasteiger partial charge < -0.3 is 29.5 Å². The predicted molar refractivity (Wildman–Crippen MR) is 166 cm³/mol. The number of unbranched alkanes of at least 4 members (excludes halogenated alkanes) is 20. The summed E-state index contributed by atoms with van der Waals surface area (Å²) in [5, 5.41) is 31.2. The number of hydrogen-bond donors (Lipinski definition) is 3. The third-order valence-electron chi connectivity index (χ3n) is 8.31. The Hall–Kier alpha value is -1.22. The van der Waals surface area contributed by atoms with E-state index in [0.717, 1.165) is 38.5 Å². The van der Waals surface area contributed by atoms with Gasteiger partial charge in [0.25, 0.3) is 0 Å². The maximum Gasteiger partial charge on any atom is 0.306 e. The van der Waals surface area contributed by atoms with Gasteiger partial charge in [-0.25, -0.2) is 0 Å². The number of rotatable bonds is 27. The minimum atomic E-state index is -1.61. The Morgan fingerprint density at radius 2 is 0.929 bits per heavy atom. The van der Waals surface area contributed by atoms with Crippen molar-refractivity contribution < 1.29 is 39.1 Å². The summed E-state index contributed by atoms with van der Waals surface area (Å²) in [6.45, 7) is 4.17. The molecule has 0 spiro atoms. The van der Waals surface area contributed by atoms with Gasteiger partial charge in [-0.1, -0.05) is 142 Å². The van der Waals surface area contributed by atoms with E-state index in [1.54, 1.807) is 0 Å². The van der Waals surface area contributed by atoms with E-state index in [2.05, 4.69) is 13.8 Å². The molecule has 1 heterocycles. The molecule has 1 aliphatic heterocycles. The van der Waals surface area contributed by atoms with Gasteiger partial charge in [-0.15, -0.1) is 0 Å². The highest BCUT2D eigenvalue weighted by molar-refractivity contribution is 5.69. The highest BCUT2D eigenvalue weighted by Gasteiger charge is 2.46. The fourth-order valence-corrected chi connectivity index (χ4v) is 5.51. The third-order valence-corrected chi connectivity index (χ3v) is 8.31. The van der Waals surface area contributed by atoms with Crippen LogP contribution in [0.3, 0.4) is 0 Å². The van der Waals surface area contributed by atoms with Crippen molar-refractivity contribution >= 4 is 11.9 Å². The van der Waals surface area contributed by atoms with Gasteiger partial charge >= 0.3 is 11.9 Å². The lowest BCUT2D eigenvalue weighted by atomic mass is 9.99. The molecule has 0 aromatic heterocycles. The van der Waals surface area contributed by atoms with Crippen molar-refractivity contribution in [2.45, 2.75) is 199 Å². The molecule has 0 saturated carbocycles. The van der Waals surface area contributed by atoms with E-state index in [9.17, 15) is 24.9 Å². The molecule has 42 heavy (non-hydrogen) atoms. The van der Waals surface area contributed by atoms with Crippen molar-refractivity contribution in [2.75, 3.05) is 6.61 Å². The molecule has 0 radical (unpaired) electrons. The minimum absolute atomic E-state index is 0.184. The maximum atomic E-state index is 12.3. The second-order valence-corrected chi connectivity index (χ2v) is 12.3. The monoisotopic (exact) mass is 600 g/mol. The summed E-state index contributed by atoms with van der Waals surface area (Å²) in [6, 6.07) is 0. The lowest BCUT2D eigenvalue weighted by molar-refractivity contribution is -0.291. The molecule has 1 rings (SSSR count). The normalized spacial score (nSPS) is 22.3. The fraction of sp³-hybridized carbons (Fsp3) is 0.941. The molecule has 5 atom stereocenters.